The van der Waals surface area contributed by atoms with Crippen LogP contribution < -0.4 is 5.73 Å². The number of carbonyl (C=O) groups is 1. The van der Waals surface area contributed by atoms with Gasteiger partial charge in [-0.1, -0.05) is 13.8 Å². The summed E-state index contributed by atoms with van der Waals surface area (Å²) in [6.45, 7) is 9.37. The molecule has 2 atom stereocenters. The van der Waals surface area contributed by atoms with E-state index in [0.29, 0.717) is 19.6 Å². The van der Waals surface area contributed by atoms with E-state index in [4.69, 9.17) is 10.5 Å². The van der Waals surface area contributed by atoms with Crippen LogP contribution in [0, 0.1) is 12.3 Å². The molecule has 22 heavy (non-hydrogen) atoms. The molecule has 2 unspecified atom stereocenters. The number of aryl methyl sites for hydroxylation is 1. The maximum atomic E-state index is 12.8. The van der Waals surface area contributed by atoms with Gasteiger partial charge in [0, 0.05) is 35.2 Å². The predicted molar refractivity (Wildman–Crippen MR) is 93.5 cm³/mol. The minimum absolute atomic E-state index is 0. The van der Waals surface area contributed by atoms with Crippen molar-refractivity contribution in [1.82, 2.24) is 4.90 Å². The smallest absolute Gasteiger partial charge is 0.243 e. The van der Waals surface area contributed by atoms with Crippen LogP contribution in [0.15, 0.2) is 12.1 Å². The average molecular weight is 347 g/mol. The number of thiophene rings is 1. The zero-order valence-electron chi connectivity index (χ0n) is 14.0. The van der Waals surface area contributed by atoms with Crippen LogP contribution in [0.1, 0.15) is 36.9 Å². The highest BCUT2D eigenvalue weighted by Crippen LogP contribution is 2.50. The highest BCUT2D eigenvalue weighted by atomic mass is 35.5. The Morgan fingerprint density at radius 1 is 1.50 bits per heavy atom. The topological polar surface area (TPSA) is 55.6 Å². The summed E-state index contributed by atoms with van der Waals surface area (Å²) in [7, 11) is 1.83. The molecule has 0 spiro atoms. The quantitative estimate of drug-likeness (QED) is 0.891. The SMILES string of the molecule is CCOC1CC(N)(C(=O)N(C)Cc2ccc(C)s2)C1(C)C.Cl. The fourth-order valence-electron chi connectivity index (χ4n) is 3.01. The number of carbonyl (C=O) groups excluding carboxylic acids is 1. The van der Waals surface area contributed by atoms with Crippen molar-refractivity contribution in [2.45, 2.75) is 52.3 Å². The Bertz CT molecular complexity index is 532. The van der Waals surface area contributed by atoms with Crippen LogP contribution in [-0.4, -0.2) is 36.1 Å². The number of amides is 1. The molecule has 2 N–H and O–H groups in total. The molecule has 0 aromatic carbocycles. The number of ether oxygens (including phenoxy) is 1. The number of halogens is 1. The number of nitrogens with zero attached hydrogens (tertiary/aromatic N) is 1. The maximum Gasteiger partial charge on any atom is 0.243 e. The third-order valence-corrected chi connectivity index (χ3v) is 5.73. The Hall–Kier alpha value is -0.620. The standard InChI is InChI=1S/C16H26N2O2S.ClH/c1-6-20-13-9-16(17,15(13,3)4)14(19)18(5)10-12-8-7-11(2)21-12;/h7-8,13H,6,9-10,17H2,1-5H3;1H. The molecule has 4 nitrogen and oxygen atoms in total. The number of rotatable bonds is 5. The van der Waals surface area contributed by atoms with Crippen LogP contribution in [0.2, 0.25) is 0 Å². The third kappa shape index (κ3) is 3.18. The largest absolute Gasteiger partial charge is 0.378 e. The molecule has 1 aliphatic carbocycles. The van der Waals surface area contributed by atoms with Crippen molar-refractivity contribution in [3.8, 4) is 0 Å². The Morgan fingerprint density at radius 3 is 2.59 bits per heavy atom. The van der Waals surface area contributed by atoms with Crippen molar-refractivity contribution in [2.75, 3.05) is 13.7 Å². The molecule has 1 aromatic rings. The number of hydrogen-bond acceptors (Lipinski definition) is 4. The zero-order valence-corrected chi connectivity index (χ0v) is 15.6. The molecule has 2 rings (SSSR count). The van der Waals surface area contributed by atoms with Crippen molar-refractivity contribution in [3.63, 3.8) is 0 Å². The normalized spacial score (nSPS) is 26.0. The number of nitrogens with two attached hydrogens (primary N) is 1. The zero-order chi connectivity index (χ0) is 15.8. The fourth-order valence-corrected chi connectivity index (χ4v) is 3.96. The van der Waals surface area contributed by atoms with Gasteiger partial charge >= 0.3 is 0 Å². The lowest BCUT2D eigenvalue weighted by Gasteiger charge is -2.58. The fraction of sp³-hybridized carbons (Fsp3) is 0.688. The molecule has 1 amide bonds. The summed E-state index contributed by atoms with van der Waals surface area (Å²) >= 11 is 1.72. The molecule has 1 aliphatic rings. The lowest BCUT2D eigenvalue weighted by Crippen LogP contribution is -2.75. The Kier molecular flexibility index (Phi) is 6.07. The first-order chi connectivity index (χ1) is 9.72. The lowest BCUT2D eigenvalue weighted by atomic mass is 9.54. The van der Waals surface area contributed by atoms with Crippen LogP contribution in [0.25, 0.3) is 0 Å². The molecule has 126 valence electrons. The van der Waals surface area contributed by atoms with Crippen LogP contribution in [-0.2, 0) is 16.1 Å². The van der Waals surface area contributed by atoms with Gasteiger partial charge in [-0.25, -0.2) is 0 Å². The van der Waals surface area contributed by atoms with E-state index in [-0.39, 0.29) is 29.8 Å². The van der Waals surface area contributed by atoms with Gasteiger partial charge in [0.15, 0.2) is 0 Å². The monoisotopic (exact) mass is 346 g/mol. The average Bonchev–Trinajstić information content (AvgIpc) is 2.82. The second kappa shape index (κ2) is 6.87. The molecule has 6 heteroatoms. The summed E-state index contributed by atoms with van der Waals surface area (Å²) in [4.78, 5) is 17.0. The molecule has 1 aromatic heterocycles. The maximum absolute atomic E-state index is 12.8. The molecule has 0 radical (unpaired) electrons. The van der Waals surface area contributed by atoms with Gasteiger partial charge in [-0.2, -0.15) is 0 Å². The van der Waals surface area contributed by atoms with E-state index in [0.717, 1.165) is 0 Å². The van der Waals surface area contributed by atoms with E-state index >= 15 is 0 Å². The van der Waals surface area contributed by atoms with Gasteiger partial charge in [0.05, 0.1) is 12.6 Å². The van der Waals surface area contributed by atoms with Gasteiger partial charge < -0.3 is 15.4 Å². The van der Waals surface area contributed by atoms with Crippen LogP contribution in [0.5, 0.6) is 0 Å². The molecular formula is C16H27ClN2O2S. The van der Waals surface area contributed by atoms with E-state index in [1.807, 2.05) is 27.8 Å². The van der Waals surface area contributed by atoms with E-state index in [1.54, 1.807) is 16.2 Å². The van der Waals surface area contributed by atoms with Gasteiger partial charge in [0.1, 0.15) is 5.54 Å². The van der Waals surface area contributed by atoms with Crippen LogP contribution in [0.3, 0.4) is 0 Å². The van der Waals surface area contributed by atoms with Gasteiger partial charge in [0.2, 0.25) is 5.91 Å². The summed E-state index contributed by atoms with van der Waals surface area (Å²) in [6.07, 6.45) is 0.661. The summed E-state index contributed by atoms with van der Waals surface area (Å²) in [5, 5.41) is 0. The molecule has 0 saturated heterocycles. The molecule has 0 aliphatic heterocycles. The van der Waals surface area contributed by atoms with Crippen molar-refractivity contribution >= 4 is 29.7 Å². The van der Waals surface area contributed by atoms with Gasteiger partial charge in [-0.15, -0.1) is 23.7 Å². The number of likely N-dealkylation sites (N-methyl/N-ethyl adjacent to an activating group) is 1. The van der Waals surface area contributed by atoms with Crippen molar-refractivity contribution in [2.24, 2.45) is 11.1 Å². The van der Waals surface area contributed by atoms with Crippen molar-refractivity contribution in [1.29, 1.82) is 0 Å². The second-order valence-corrected chi connectivity index (χ2v) is 7.89. The van der Waals surface area contributed by atoms with E-state index in [1.165, 1.54) is 9.75 Å². The van der Waals surface area contributed by atoms with E-state index < -0.39 is 5.54 Å². The Balaban J connectivity index is 0.00000242. The van der Waals surface area contributed by atoms with Gasteiger partial charge in [0.25, 0.3) is 0 Å². The molecule has 0 bridgehead atoms. The van der Waals surface area contributed by atoms with Crippen LogP contribution in [0.4, 0.5) is 0 Å². The van der Waals surface area contributed by atoms with Crippen molar-refractivity contribution < 1.29 is 9.53 Å². The van der Waals surface area contributed by atoms with Crippen LogP contribution >= 0.6 is 23.7 Å². The molecule has 1 heterocycles. The Morgan fingerprint density at radius 2 is 2.14 bits per heavy atom. The minimum atomic E-state index is -0.826. The minimum Gasteiger partial charge on any atom is -0.378 e. The van der Waals surface area contributed by atoms with E-state index in [2.05, 4.69) is 19.1 Å². The second-order valence-electron chi connectivity index (χ2n) is 6.51. The predicted octanol–water partition coefficient (Wildman–Crippen LogP) is 2.97. The highest BCUT2D eigenvalue weighted by Gasteiger charge is 2.63. The summed E-state index contributed by atoms with van der Waals surface area (Å²) in [6, 6.07) is 4.15. The number of hydrogen-bond donors (Lipinski definition) is 1. The highest BCUT2D eigenvalue weighted by molar-refractivity contribution is 7.11. The first kappa shape index (κ1) is 19.4. The summed E-state index contributed by atoms with van der Waals surface area (Å²) < 4.78 is 5.69. The van der Waals surface area contributed by atoms with Gasteiger partial charge in [-0.05, 0) is 26.0 Å². The Labute approximate surface area is 143 Å². The summed E-state index contributed by atoms with van der Waals surface area (Å²) in [5.74, 6) is 0.00880. The first-order valence-corrected chi connectivity index (χ1v) is 8.25. The summed E-state index contributed by atoms with van der Waals surface area (Å²) in [5.41, 5.74) is 5.28. The molecule has 1 fully saturated rings. The third-order valence-electron chi connectivity index (χ3n) is 4.75. The lowest BCUT2D eigenvalue weighted by molar-refractivity contribution is -0.178. The van der Waals surface area contributed by atoms with E-state index in [9.17, 15) is 4.79 Å². The molecule has 1 saturated carbocycles. The van der Waals surface area contributed by atoms with Crippen molar-refractivity contribution in [3.05, 3.63) is 21.9 Å². The van der Waals surface area contributed by atoms with Gasteiger partial charge in [-0.3, -0.25) is 4.79 Å². The molecular weight excluding hydrogens is 320 g/mol. The first-order valence-electron chi connectivity index (χ1n) is 7.43.